The maximum absolute atomic E-state index is 13.0. The van der Waals surface area contributed by atoms with Crippen LogP contribution in [0.1, 0.15) is 34.3 Å². The van der Waals surface area contributed by atoms with E-state index >= 15 is 0 Å². The van der Waals surface area contributed by atoms with E-state index in [0.717, 1.165) is 22.3 Å². The molecule has 1 aliphatic rings. The number of benzene rings is 2. The van der Waals surface area contributed by atoms with Crippen molar-refractivity contribution in [2.24, 2.45) is 5.10 Å². The van der Waals surface area contributed by atoms with Crippen LogP contribution in [0.2, 0.25) is 5.02 Å². The summed E-state index contributed by atoms with van der Waals surface area (Å²) in [5.74, 6) is -0.0937. The first-order valence-corrected chi connectivity index (χ1v) is 9.49. The summed E-state index contributed by atoms with van der Waals surface area (Å²) in [6.07, 6.45) is 3.69. The van der Waals surface area contributed by atoms with Crippen LogP contribution < -0.4 is 0 Å². The molecule has 0 radical (unpaired) electrons. The summed E-state index contributed by atoms with van der Waals surface area (Å²) in [7, 11) is 0. The van der Waals surface area contributed by atoms with Crippen molar-refractivity contribution in [1.82, 2.24) is 15.0 Å². The van der Waals surface area contributed by atoms with Crippen LogP contribution in [0, 0.1) is 0 Å². The fourth-order valence-electron chi connectivity index (χ4n) is 3.39. The van der Waals surface area contributed by atoms with E-state index in [1.165, 1.54) is 11.3 Å². The zero-order valence-corrected chi connectivity index (χ0v) is 16.0. The van der Waals surface area contributed by atoms with Gasteiger partial charge in [0.25, 0.3) is 0 Å². The van der Waals surface area contributed by atoms with Gasteiger partial charge in [0.2, 0.25) is 0 Å². The number of aromatic nitrogens is 2. The Hall–Kier alpha value is -3.51. The van der Waals surface area contributed by atoms with E-state index in [9.17, 15) is 4.79 Å². The van der Waals surface area contributed by atoms with Gasteiger partial charge in [-0.15, -0.1) is 0 Å². The van der Waals surface area contributed by atoms with Gasteiger partial charge in [-0.05, 0) is 42.0 Å². The maximum Gasteiger partial charge on any atom is 0.310 e. The van der Waals surface area contributed by atoms with Crippen LogP contribution in [0.25, 0.3) is 11.0 Å². The molecule has 1 aliphatic heterocycles. The maximum atomic E-state index is 13.0. The third kappa shape index (κ3) is 3.28. The van der Waals surface area contributed by atoms with Gasteiger partial charge in [0.1, 0.15) is 6.04 Å². The van der Waals surface area contributed by atoms with E-state index in [2.05, 4.69) is 10.1 Å². The van der Waals surface area contributed by atoms with E-state index in [1.54, 1.807) is 30.5 Å². The van der Waals surface area contributed by atoms with E-state index in [1.807, 2.05) is 36.4 Å². The highest BCUT2D eigenvalue weighted by Crippen LogP contribution is 2.33. The number of furan rings is 1. The second-order valence-corrected chi connectivity index (χ2v) is 7.12. The average Bonchev–Trinajstić information content (AvgIpc) is 3.44. The van der Waals surface area contributed by atoms with Gasteiger partial charge in [0, 0.05) is 11.4 Å². The van der Waals surface area contributed by atoms with Gasteiger partial charge in [0.05, 0.1) is 34.9 Å². The number of hydrogen-bond acceptors (Lipinski definition) is 5. The van der Waals surface area contributed by atoms with Crippen molar-refractivity contribution in [3.05, 3.63) is 95.2 Å². The minimum absolute atomic E-state index is 0.227. The molecule has 0 spiro atoms. The summed E-state index contributed by atoms with van der Waals surface area (Å²) < 4.78 is 5.30. The predicted octanol–water partition coefficient (Wildman–Crippen LogP) is 4.87. The lowest BCUT2D eigenvalue weighted by Gasteiger charge is -2.20. The average molecular weight is 403 g/mol. The Morgan fingerprint density at radius 3 is 2.59 bits per heavy atom. The Bertz CT molecular complexity index is 1220. The number of para-hydroxylation sites is 2. The van der Waals surface area contributed by atoms with E-state index < -0.39 is 0 Å². The first-order chi connectivity index (χ1) is 14.2. The van der Waals surface area contributed by atoms with Crippen LogP contribution in [-0.2, 0) is 0 Å². The van der Waals surface area contributed by atoms with Gasteiger partial charge in [-0.25, -0.2) is 9.99 Å². The molecule has 0 bridgehead atoms. The van der Waals surface area contributed by atoms with E-state index in [-0.39, 0.29) is 17.7 Å². The smallest absolute Gasteiger partial charge is 0.310 e. The monoisotopic (exact) mass is 402 g/mol. The standard InChI is InChI=1S/C22H15ClN4O2/c23-15-9-7-14(8-10-15)18-12-20(27(26-18)22(28)21-6-3-11-29-21)19-13-24-16-4-1-2-5-17(16)25-19/h1-11,13,20H,12H2/t20-/m1/s1. The van der Waals surface area contributed by atoms with E-state index in [0.29, 0.717) is 17.1 Å². The lowest BCUT2D eigenvalue weighted by molar-refractivity contribution is 0.0675. The van der Waals surface area contributed by atoms with Crippen molar-refractivity contribution >= 4 is 34.3 Å². The number of amides is 1. The number of hydrazone groups is 1. The summed E-state index contributed by atoms with van der Waals surface area (Å²) in [5, 5.41) is 6.69. The first kappa shape index (κ1) is 17.6. The molecule has 5 rings (SSSR count). The molecule has 2 aromatic heterocycles. The third-order valence-corrected chi connectivity index (χ3v) is 5.09. The van der Waals surface area contributed by atoms with E-state index in [4.69, 9.17) is 21.0 Å². The van der Waals surface area contributed by atoms with Crippen LogP contribution in [-0.4, -0.2) is 26.6 Å². The lowest BCUT2D eigenvalue weighted by atomic mass is 10.0. The Kier molecular flexibility index (Phi) is 4.33. The topological polar surface area (TPSA) is 71.6 Å². The lowest BCUT2D eigenvalue weighted by Crippen LogP contribution is -2.27. The highest BCUT2D eigenvalue weighted by atomic mass is 35.5. The molecule has 1 amide bonds. The molecule has 2 aromatic carbocycles. The molecule has 0 saturated heterocycles. The second-order valence-electron chi connectivity index (χ2n) is 6.68. The second kappa shape index (κ2) is 7.14. The van der Waals surface area contributed by atoms with Crippen LogP contribution in [0.3, 0.4) is 0 Å². The van der Waals surface area contributed by atoms with Crippen LogP contribution in [0.4, 0.5) is 0 Å². The predicted molar refractivity (Wildman–Crippen MR) is 110 cm³/mol. The summed E-state index contributed by atoms with van der Waals surface area (Å²) >= 11 is 6.01. The highest BCUT2D eigenvalue weighted by Gasteiger charge is 2.36. The summed E-state index contributed by atoms with van der Waals surface area (Å²) in [6, 6.07) is 18.0. The van der Waals surface area contributed by atoms with Gasteiger partial charge in [-0.3, -0.25) is 9.78 Å². The van der Waals surface area contributed by atoms with Crippen LogP contribution in [0.5, 0.6) is 0 Å². The van der Waals surface area contributed by atoms with Gasteiger partial charge >= 0.3 is 5.91 Å². The molecule has 0 N–H and O–H groups in total. The highest BCUT2D eigenvalue weighted by molar-refractivity contribution is 6.30. The molecule has 7 heteroatoms. The fraction of sp³-hybridized carbons (Fsp3) is 0.0909. The number of carbonyl (C=O) groups excluding carboxylic acids is 1. The first-order valence-electron chi connectivity index (χ1n) is 9.11. The number of carbonyl (C=O) groups is 1. The Balaban J connectivity index is 1.56. The number of halogens is 1. The van der Waals surface area contributed by atoms with Gasteiger partial charge in [-0.2, -0.15) is 5.10 Å². The molecule has 3 heterocycles. The van der Waals surface area contributed by atoms with Crippen molar-refractivity contribution in [3.8, 4) is 0 Å². The summed E-state index contributed by atoms with van der Waals surface area (Å²) in [4.78, 5) is 22.3. The van der Waals surface area contributed by atoms with Gasteiger partial charge < -0.3 is 4.42 Å². The van der Waals surface area contributed by atoms with Crippen LogP contribution >= 0.6 is 11.6 Å². The molecule has 0 aliphatic carbocycles. The molecule has 142 valence electrons. The number of hydrogen-bond donors (Lipinski definition) is 0. The molecule has 29 heavy (non-hydrogen) atoms. The van der Waals surface area contributed by atoms with Crippen molar-refractivity contribution in [1.29, 1.82) is 0 Å². The van der Waals surface area contributed by atoms with Crippen molar-refractivity contribution < 1.29 is 9.21 Å². The minimum Gasteiger partial charge on any atom is -0.459 e. The Labute approximate surface area is 171 Å². The molecule has 4 aromatic rings. The zero-order chi connectivity index (χ0) is 19.8. The van der Waals surface area contributed by atoms with Crippen molar-refractivity contribution in [2.75, 3.05) is 0 Å². The van der Waals surface area contributed by atoms with Gasteiger partial charge in [0.15, 0.2) is 5.76 Å². The largest absolute Gasteiger partial charge is 0.459 e. The Morgan fingerprint density at radius 2 is 1.83 bits per heavy atom. The van der Waals surface area contributed by atoms with Gasteiger partial charge in [-0.1, -0.05) is 35.9 Å². The van der Waals surface area contributed by atoms with Crippen LogP contribution in [0.15, 0.2) is 82.6 Å². The SMILES string of the molecule is O=C(c1ccco1)N1N=C(c2ccc(Cl)cc2)C[C@@H]1c1cnc2ccccc2n1. The molecule has 0 saturated carbocycles. The number of rotatable bonds is 3. The molecular weight excluding hydrogens is 388 g/mol. The summed E-state index contributed by atoms with van der Waals surface area (Å²) in [6.45, 7) is 0. The zero-order valence-electron chi connectivity index (χ0n) is 15.2. The molecule has 0 unspecified atom stereocenters. The molecule has 1 atom stereocenters. The number of fused-ring (bicyclic) bond motifs is 1. The number of nitrogens with zero attached hydrogens (tertiary/aromatic N) is 4. The van der Waals surface area contributed by atoms with Crippen molar-refractivity contribution in [3.63, 3.8) is 0 Å². The molecule has 0 fully saturated rings. The third-order valence-electron chi connectivity index (χ3n) is 4.84. The van der Waals surface area contributed by atoms with Crippen molar-refractivity contribution in [2.45, 2.75) is 12.5 Å². The molecule has 6 nitrogen and oxygen atoms in total. The Morgan fingerprint density at radius 1 is 1.03 bits per heavy atom. The fourth-order valence-corrected chi connectivity index (χ4v) is 3.52. The molecular formula is C22H15ClN4O2. The summed E-state index contributed by atoms with van der Waals surface area (Å²) in [5.41, 5.74) is 3.94. The quantitative estimate of drug-likeness (QED) is 0.490. The normalized spacial score (nSPS) is 16.2. The minimum atomic E-state index is -0.379.